The summed E-state index contributed by atoms with van der Waals surface area (Å²) >= 11 is 0. The van der Waals surface area contributed by atoms with Crippen LogP contribution in [0.1, 0.15) is 38.7 Å². The number of hydrogen-bond donors (Lipinski definition) is 0. The summed E-state index contributed by atoms with van der Waals surface area (Å²) in [6, 6.07) is 23.5. The maximum absolute atomic E-state index is 13.6. The van der Waals surface area contributed by atoms with E-state index in [4.69, 9.17) is 9.47 Å². The lowest BCUT2D eigenvalue weighted by Crippen LogP contribution is -2.43. The van der Waals surface area contributed by atoms with Gasteiger partial charge in [-0.15, -0.1) is 0 Å². The van der Waals surface area contributed by atoms with E-state index in [9.17, 15) is 9.59 Å². The van der Waals surface area contributed by atoms with Crippen molar-refractivity contribution in [2.75, 3.05) is 39.5 Å². The number of morpholine rings is 1. The molecule has 0 saturated carbocycles. The first-order chi connectivity index (χ1) is 17.1. The zero-order valence-electron chi connectivity index (χ0n) is 20.0. The van der Waals surface area contributed by atoms with E-state index in [-0.39, 0.29) is 24.5 Å². The summed E-state index contributed by atoms with van der Waals surface area (Å²) in [5.74, 6) is 0.607. The van der Waals surface area contributed by atoms with Crippen molar-refractivity contribution < 1.29 is 19.1 Å². The first-order valence-electron chi connectivity index (χ1n) is 12.1. The summed E-state index contributed by atoms with van der Waals surface area (Å²) < 4.78 is 11.3. The molecular formula is C29H30N2O4. The van der Waals surface area contributed by atoms with E-state index in [0.29, 0.717) is 44.2 Å². The molecule has 5 rings (SSSR count). The van der Waals surface area contributed by atoms with Gasteiger partial charge in [0.15, 0.2) is 6.61 Å². The van der Waals surface area contributed by atoms with Crippen LogP contribution in [0.5, 0.6) is 5.75 Å². The van der Waals surface area contributed by atoms with Crippen LogP contribution < -0.4 is 4.74 Å². The number of carbonyl (C=O) groups is 2. The van der Waals surface area contributed by atoms with Gasteiger partial charge in [0.2, 0.25) is 0 Å². The molecule has 6 nitrogen and oxygen atoms in total. The molecule has 0 unspecified atom stereocenters. The quantitative estimate of drug-likeness (QED) is 0.565. The topological polar surface area (TPSA) is 59.1 Å². The van der Waals surface area contributed by atoms with Crippen LogP contribution in [0.3, 0.4) is 0 Å². The Balaban J connectivity index is 1.45. The molecule has 2 aliphatic heterocycles. The fourth-order valence-corrected chi connectivity index (χ4v) is 4.90. The molecule has 3 aromatic carbocycles. The number of aryl methyl sites for hydroxylation is 1. The van der Waals surface area contributed by atoms with Crippen LogP contribution in [0, 0.1) is 6.92 Å². The maximum atomic E-state index is 13.6. The van der Waals surface area contributed by atoms with Crippen molar-refractivity contribution in [2.24, 2.45) is 0 Å². The Morgan fingerprint density at radius 2 is 1.74 bits per heavy atom. The van der Waals surface area contributed by atoms with E-state index in [0.717, 1.165) is 23.1 Å². The molecule has 0 radical (unpaired) electrons. The van der Waals surface area contributed by atoms with Gasteiger partial charge in [0.05, 0.1) is 19.3 Å². The second-order valence-corrected chi connectivity index (χ2v) is 9.07. The minimum absolute atomic E-state index is 0.0107. The number of carbonyl (C=O) groups excluding carboxylic acids is 2. The Morgan fingerprint density at radius 1 is 0.943 bits per heavy atom. The molecule has 2 heterocycles. The van der Waals surface area contributed by atoms with Crippen molar-refractivity contribution >= 4 is 11.8 Å². The number of amides is 2. The highest BCUT2D eigenvalue weighted by Crippen LogP contribution is 2.38. The maximum Gasteiger partial charge on any atom is 0.260 e. The Bertz CT molecular complexity index is 1200. The zero-order valence-corrected chi connectivity index (χ0v) is 20.0. The second kappa shape index (κ2) is 10.3. The summed E-state index contributed by atoms with van der Waals surface area (Å²) in [6.45, 7) is 5.00. The number of benzene rings is 3. The van der Waals surface area contributed by atoms with Gasteiger partial charge in [0.1, 0.15) is 5.75 Å². The minimum Gasteiger partial charge on any atom is -0.484 e. The Morgan fingerprint density at radius 3 is 2.51 bits per heavy atom. The molecule has 1 fully saturated rings. The zero-order chi connectivity index (χ0) is 24.2. The molecule has 0 aliphatic carbocycles. The number of fused-ring (bicyclic) bond motifs is 1. The number of rotatable bonds is 5. The van der Waals surface area contributed by atoms with Gasteiger partial charge in [-0.3, -0.25) is 9.59 Å². The fraction of sp³-hybridized carbons (Fsp3) is 0.310. The standard InChI is InChI=1S/C29H30N2O4/c1-21-6-5-9-24(18-21)28-26-19-25(35-20-27(32)30-14-16-34-17-15-30)11-10-22(26)12-13-31(28)29(33)23-7-3-2-4-8-23/h2-11,18-19,28H,12-17,20H2,1H3/t28-/m1/s1. The molecule has 180 valence electrons. The summed E-state index contributed by atoms with van der Waals surface area (Å²) in [5.41, 5.74) is 5.13. The Hall–Kier alpha value is -3.64. The molecule has 35 heavy (non-hydrogen) atoms. The predicted octanol–water partition coefficient (Wildman–Crippen LogP) is 4.02. The normalized spacial score (nSPS) is 17.6. The minimum atomic E-state index is -0.232. The average molecular weight is 471 g/mol. The van der Waals surface area contributed by atoms with E-state index < -0.39 is 0 Å². The molecule has 1 atom stereocenters. The third-order valence-corrected chi connectivity index (χ3v) is 6.71. The first-order valence-corrected chi connectivity index (χ1v) is 12.1. The van der Waals surface area contributed by atoms with Crippen molar-refractivity contribution in [3.63, 3.8) is 0 Å². The summed E-state index contributed by atoms with van der Waals surface area (Å²) in [7, 11) is 0. The molecule has 3 aromatic rings. The van der Waals surface area contributed by atoms with Gasteiger partial charge >= 0.3 is 0 Å². The van der Waals surface area contributed by atoms with Gasteiger partial charge in [-0.25, -0.2) is 0 Å². The second-order valence-electron chi connectivity index (χ2n) is 9.07. The van der Waals surface area contributed by atoms with Gasteiger partial charge in [-0.05, 0) is 54.3 Å². The van der Waals surface area contributed by atoms with Gasteiger partial charge in [-0.1, -0.05) is 54.1 Å². The molecule has 2 amide bonds. The van der Waals surface area contributed by atoms with Crippen LogP contribution in [-0.2, 0) is 16.0 Å². The molecule has 0 N–H and O–H groups in total. The lowest BCUT2D eigenvalue weighted by molar-refractivity contribution is -0.137. The smallest absolute Gasteiger partial charge is 0.260 e. The Kier molecular flexibility index (Phi) is 6.82. The molecule has 6 heteroatoms. The van der Waals surface area contributed by atoms with Crippen LogP contribution in [0.4, 0.5) is 0 Å². The molecule has 1 saturated heterocycles. The third-order valence-electron chi connectivity index (χ3n) is 6.71. The van der Waals surface area contributed by atoms with E-state index in [1.807, 2.05) is 53.4 Å². The fourth-order valence-electron chi connectivity index (χ4n) is 4.90. The lowest BCUT2D eigenvalue weighted by Gasteiger charge is -2.38. The van der Waals surface area contributed by atoms with Crippen LogP contribution in [-0.4, -0.2) is 61.1 Å². The van der Waals surface area contributed by atoms with E-state index in [2.05, 4.69) is 31.2 Å². The third kappa shape index (κ3) is 5.08. The van der Waals surface area contributed by atoms with Crippen LogP contribution in [0.25, 0.3) is 0 Å². The van der Waals surface area contributed by atoms with E-state index >= 15 is 0 Å². The average Bonchev–Trinajstić information content (AvgIpc) is 2.91. The van der Waals surface area contributed by atoms with Crippen molar-refractivity contribution in [3.8, 4) is 5.75 Å². The largest absolute Gasteiger partial charge is 0.484 e. The summed E-state index contributed by atoms with van der Waals surface area (Å²) in [5, 5.41) is 0. The Labute approximate surface area is 206 Å². The lowest BCUT2D eigenvalue weighted by atomic mass is 9.87. The number of ether oxygens (including phenoxy) is 2. The molecule has 2 aliphatic rings. The number of hydrogen-bond acceptors (Lipinski definition) is 4. The predicted molar refractivity (Wildman–Crippen MR) is 134 cm³/mol. The summed E-state index contributed by atoms with van der Waals surface area (Å²) in [4.78, 5) is 29.9. The molecule has 0 spiro atoms. The van der Waals surface area contributed by atoms with Gasteiger partial charge in [-0.2, -0.15) is 0 Å². The summed E-state index contributed by atoms with van der Waals surface area (Å²) in [6.07, 6.45) is 0.767. The first kappa shape index (κ1) is 23.1. The number of nitrogens with zero attached hydrogens (tertiary/aromatic N) is 2. The van der Waals surface area contributed by atoms with Crippen molar-refractivity contribution in [1.82, 2.24) is 9.80 Å². The van der Waals surface area contributed by atoms with Gasteiger partial charge in [0, 0.05) is 25.2 Å². The molecule has 0 bridgehead atoms. The highest BCUT2D eigenvalue weighted by Gasteiger charge is 2.33. The van der Waals surface area contributed by atoms with Crippen LogP contribution >= 0.6 is 0 Å². The molecule has 0 aromatic heterocycles. The van der Waals surface area contributed by atoms with E-state index in [1.165, 1.54) is 5.56 Å². The van der Waals surface area contributed by atoms with Crippen molar-refractivity contribution in [3.05, 3.63) is 101 Å². The van der Waals surface area contributed by atoms with E-state index in [1.54, 1.807) is 4.90 Å². The highest BCUT2D eigenvalue weighted by molar-refractivity contribution is 5.95. The monoisotopic (exact) mass is 470 g/mol. The van der Waals surface area contributed by atoms with Crippen molar-refractivity contribution in [2.45, 2.75) is 19.4 Å². The van der Waals surface area contributed by atoms with Gasteiger partial charge < -0.3 is 19.3 Å². The van der Waals surface area contributed by atoms with Crippen LogP contribution in [0.2, 0.25) is 0 Å². The van der Waals surface area contributed by atoms with Crippen molar-refractivity contribution in [1.29, 1.82) is 0 Å². The SMILES string of the molecule is Cc1cccc([C@@H]2c3cc(OCC(=O)N4CCOCC4)ccc3CCN2C(=O)c2ccccc2)c1. The van der Waals surface area contributed by atoms with Crippen LogP contribution in [0.15, 0.2) is 72.8 Å². The highest BCUT2D eigenvalue weighted by atomic mass is 16.5. The molecular weight excluding hydrogens is 440 g/mol. The van der Waals surface area contributed by atoms with Gasteiger partial charge in [0.25, 0.3) is 11.8 Å².